The van der Waals surface area contributed by atoms with E-state index in [1.165, 1.54) is 5.56 Å². The molecule has 1 saturated heterocycles. The molecule has 3 aromatic carbocycles. The SMILES string of the molecule is CC(C)Cc1nc(N2CCCN(C(=O)c3ccc(C(C)(C)C)cc3)CC2)c2c(-c3cccc(Oc4ccccc4)c3)noc2n1. The van der Waals surface area contributed by atoms with E-state index in [2.05, 4.69) is 56.8 Å². The van der Waals surface area contributed by atoms with Gasteiger partial charge in [-0.1, -0.05) is 82.2 Å². The normalized spacial score (nSPS) is 14.2. The van der Waals surface area contributed by atoms with E-state index in [0.29, 0.717) is 42.7 Å². The lowest BCUT2D eigenvalue weighted by molar-refractivity contribution is 0.0767. The molecule has 3 heterocycles. The molecule has 6 rings (SSSR count). The number of benzene rings is 3. The summed E-state index contributed by atoms with van der Waals surface area (Å²) in [6.45, 7) is 13.5. The standard InChI is InChI=1S/C37H41N5O3/c1-25(2)23-31-38-34(41-19-10-20-42(22-21-41)36(43)26-15-17-28(18-16-26)37(3,4)5)32-33(40-45-35(32)39-31)27-11-9-14-30(24-27)44-29-12-7-6-8-13-29/h6-9,11-18,24-25H,10,19-23H2,1-5H3. The number of para-hydroxylation sites is 1. The Morgan fingerprint density at radius 2 is 1.64 bits per heavy atom. The molecule has 45 heavy (non-hydrogen) atoms. The maximum atomic E-state index is 13.6. The zero-order valence-electron chi connectivity index (χ0n) is 26.8. The van der Waals surface area contributed by atoms with E-state index in [9.17, 15) is 4.79 Å². The van der Waals surface area contributed by atoms with Gasteiger partial charge in [0, 0.05) is 43.7 Å². The van der Waals surface area contributed by atoms with Gasteiger partial charge in [-0.05, 0) is 59.7 Å². The van der Waals surface area contributed by atoms with Gasteiger partial charge < -0.3 is 19.1 Å². The highest BCUT2D eigenvalue weighted by atomic mass is 16.5. The van der Waals surface area contributed by atoms with Gasteiger partial charge in [-0.2, -0.15) is 4.98 Å². The van der Waals surface area contributed by atoms with Crippen molar-refractivity contribution in [3.63, 3.8) is 0 Å². The predicted molar refractivity (Wildman–Crippen MR) is 178 cm³/mol. The van der Waals surface area contributed by atoms with E-state index in [-0.39, 0.29) is 11.3 Å². The minimum atomic E-state index is 0.0407. The van der Waals surface area contributed by atoms with Crippen LogP contribution < -0.4 is 9.64 Å². The van der Waals surface area contributed by atoms with Crippen LogP contribution in [0.25, 0.3) is 22.4 Å². The number of aromatic nitrogens is 3. The van der Waals surface area contributed by atoms with Gasteiger partial charge in [0.15, 0.2) is 0 Å². The molecule has 0 aliphatic carbocycles. The van der Waals surface area contributed by atoms with Crippen LogP contribution in [-0.4, -0.2) is 52.1 Å². The van der Waals surface area contributed by atoms with Crippen LogP contribution in [0.3, 0.4) is 0 Å². The van der Waals surface area contributed by atoms with E-state index in [4.69, 9.17) is 19.2 Å². The van der Waals surface area contributed by atoms with Crippen LogP contribution in [0.4, 0.5) is 5.82 Å². The van der Waals surface area contributed by atoms with Crippen molar-refractivity contribution >= 4 is 22.8 Å². The first-order chi connectivity index (χ1) is 21.7. The Morgan fingerprint density at radius 3 is 2.38 bits per heavy atom. The van der Waals surface area contributed by atoms with E-state index >= 15 is 0 Å². The van der Waals surface area contributed by atoms with E-state index in [1.54, 1.807) is 0 Å². The van der Waals surface area contributed by atoms with Crippen LogP contribution in [-0.2, 0) is 11.8 Å². The summed E-state index contributed by atoms with van der Waals surface area (Å²) in [6.07, 6.45) is 1.54. The smallest absolute Gasteiger partial charge is 0.263 e. The van der Waals surface area contributed by atoms with Gasteiger partial charge in [-0.3, -0.25) is 4.79 Å². The second kappa shape index (κ2) is 12.7. The van der Waals surface area contributed by atoms with Gasteiger partial charge in [0.1, 0.15) is 34.2 Å². The summed E-state index contributed by atoms with van der Waals surface area (Å²) in [6, 6.07) is 25.6. The molecule has 0 spiro atoms. The zero-order chi connectivity index (χ0) is 31.6. The lowest BCUT2D eigenvalue weighted by Gasteiger charge is -2.24. The van der Waals surface area contributed by atoms with Crippen molar-refractivity contribution in [2.75, 3.05) is 31.1 Å². The quantitative estimate of drug-likeness (QED) is 0.187. The summed E-state index contributed by atoms with van der Waals surface area (Å²) in [5.41, 5.74) is 3.97. The highest BCUT2D eigenvalue weighted by Crippen LogP contribution is 2.36. The molecule has 2 aromatic heterocycles. The Bertz CT molecular complexity index is 1770. The number of nitrogens with zero attached hydrogens (tertiary/aromatic N) is 5. The zero-order valence-corrected chi connectivity index (χ0v) is 26.8. The van der Waals surface area contributed by atoms with Gasteiger partial charge in [0.2, 0.25) is 0 Å². The molecule has 1 fully saturated rings. The number of anilines is 1. The monoisotopic (exact) mass is 603 g/mol. The first-order valence-corrected chi connectivity index (χ1v) is 15.8. The van der Waals surface area contributed by atoms with E-state index in [1.807, 2.05) is 71.6 Å². The number of ether oxygens (including phenoxy) is 1. The van der Waals surface area contributed by atoms with Crippen molar-refractivity contribution < 1.29 is 14.1 Å². The molecule has 1 aliphatic rings. The Morgan fingerprint density at radius 1 is 0.889 bits per heavy atom. The summed E-state index contributed by atoms with van der Waals surface area (Å²) >= 11 is 0. The molecule has 1 amide bonds. The number of amides is 1. The lowest BCUT2D eigenvalue weighted by Crippen LogP contribution is -2.35. The molecule has 0 bridgehead atoms. The van der Waals surface area contributed by atoms with Crippen molar-refractivity contribution in [3.05, 3.63) is 95.8 Å². The third-order valence-corrected chi connectivity index (χ3v) is 8.12. The fraction of sp³-hybridized carbons (Fsp3) is 0.351. The number of fused-ring (bicyclic) bond motifs is 1. The highest BCUT2D eigenvalue weighted by Gasteiger charge is 2.27. The van der Waals surface area contributed by atoms with Crippen LogP contribution in [0.15, 0.2) is 83.4 Å². The number of carbonyl (C=O) groups excluding carboxylic acids is 1. The fourth-order valence-electron chi connectivity index (χ4n) is 5.72. The molecule has 0 saturated carbocycles. The largest absolute Gasteiger partial charge is 0.457 e. The van der Waals surface area contributed by atoms with Gasteiger partial charge in [-0.15, -0.1) is 0 Å². The van der Waals surface area contributed by atoms with E-state index in [0.717, 1.165) is 53.3 Å². The minimum absolute atomic E-state index is 0.0407. The third-order valence-electron chi connectivity index (χ3n) is 8.12. The average Bonchev–Trinajstić information content (AvgIpc) is 3.29. The molecule has 8 nitrogen and oxygen atoms in total. The Labute approximate surface area is 265 Å². The topological polar surface area (TPSA) is 84.6 Å². The van der Waals surface area contributed by atoms with Crippen LogP contribution in [0, 0.1) is 5.92 Å². The van der Waals surface area contributed by atoms with Crippen LogP contribution in [0.5, 0.6) is 11.5 Å². The summed E-state index contributed by atoms with van der Waals surface area (Å²) < 4.78 is 12.0. The number of rotatable bonds is 7. The van der Waals surface area contributed by atoms with Gasteiger partial charge >= 0.3 is 0 Å². The Kier molecular flexibility index (Phi) is 8.57. The summed E-state index contributed by atoms with van der Waals surface area (Å²) in [7, 11) is 0. The number of hydrogen-bond acceptors (Lipinski definition) is 7. The maximum Gasteiger partial charge on any atom is 0.263 e. The van der Waals surface area contributed by atoms with Crippen molar-refractivity contribution in [1.29, 1.82) is 0 Å². The van der Waals surface area contributed by atoms with Crippen molar-refractivity contribution in [3.8, 4) is 22.8 Å². The first kappa shape index (κ1) is 30.3. The van der Waals surface area contributed by atoms with Crippen LogP contribution in [0.1, 0.15) is 62.8 Å². The minimum Gasteiger partial charge on any atom is -0.457 e. The van der Waals surface area contributed by atoms with Gasteiger partial charge in [0.05, 0.1) is 0 Å². The molecule has 232 valence electrons. The second-order valence-electron chi connectivity index (χ2n) is 13.2. The van der Waals surface area contributed by atoms with Crippen molar-refractivity contribution in [2.45, 2.75) is 52.9 Å². The Balaban J connectivity index is 1.30. The summed E-state index contributed by atoms with van der Waals surface area (Å²) in [5, 5.41) is 5.27. The molecular weight excluding hydrogens is 562 g/mol. The molecular formula is C37H41N5O3. The maximum absolute atomic E-state index is 13.6. The predicted octanol–water partition coefficient (Wildman–Crippen LogP) is 7.93. The molecule has 0 radical (unpaired) electrons. The van der Waals surface area contributed by atoms with Gasteiger partial charge in [-0.25, -0.2) is 4.98 Å². The van der Waals surface area contributed by atoms with E-state index < -0.39 is 0 Å². The third kappa shape index (κ3) is 6.85. The van der Waals surface area contributed by atoms with Crippen molar-refractivity contribution in [2.24, 2.45) is 5.92 Å². The number of hydrogen-bond donors (Lipinski definition) is 0. The highest BCUT2D eigenvalue weighted by molar-refractivity contribution is 5.98. The number of carbonyl (C=O) groups is 1. The molecule has 8 heteroatoms. The molecule has 0 atom stereocenters. The van der Waals surface area contributed by atoms with Gasteiger partial charge in [0.25, 0.3) is 11.6 Å². The summed E-state index contributed by atoms with van der Waals surface area (Å²) in [4.78, 5) is 27.6. The Hall–Kier alpha value is -4.72. The lowest BCUT2D eigenvalue weighted by atomic mass is 9.86. The molecule has 0 N–H and O–H groups in total. The van der Waals surface area contributed by atoms with Crippen LogP contribution >= 0.6 is 0 Å². The fourth-order valence-corrected chi connectivity index (χ4v) is 5.72. The second-order valence-corrected chi connectivity index (χ2v) is 13.2. The first-order valence-electron chi connectivity index (χ1n) is 15.8. The van der Waals surface area contributed by atoms with Crippen LogP contribution in [0.2, 0.25) is 0 Å². The summed E-state index contributed by atoms with van der Waals surface area (Å²) in [5.74, 6) is 3.43. The molecule has 0 unspecified atom stereocenters. The average molecular weight is 604 g/mol. The van der Waals surface area contributed by atoms with Crippen molar-refractivity contribution in [1.82, 2.24) is 20.0 Å². The molecule has 5 aromatic rings. The molecule has 1 aliphatic heterocycles.